The largest absolute Gasteiger partial charge is 0.481 e. The van der Waals surface area contributed by atoms with Gasteiger partial charge >= 0.3 is 5.97 Å². The van der Waals surface area contributed by atoms with E-state index in [1.54, 1.807) is 0 Å². The molecule has 0 aliphatic heterocycles. The number of carbonyl (C=O) groups is 1. The van der Waals surface area contributed by atoms with Crippen molar-refractivity contribution in [1.29, 1.82) is 0 Å². The third-order valence-electron chi connectivity index (χ3n) is 2.65. The van der Waals surface area contributed by atoms with Crippen LogP contribution < -0.4 is 0 Å². The van der Waals surface area contributed by atoms with Gasteiger partial charge in [0, 0.05) is 6.42 Å². The summed E-state index contributed by atoms with van der Waals surface area (Å²) in [5.41, 5.74) is 0. The predicted octanol–water partition coefficient (Wildman–Crippen LogP) is 3.85. The van der Waals surface area contributed by atoms with Gasteiger partial charge in [-0.25, -0.2) is 0 Å². The molecule has 0 aliphatic rings. The smallest absolute Gasteiger partial charge is 0.303 e. The monoisotopic (exact) mass is 200 g/mol. The minimum Gasteiger partial charge on any atom is -0.481 e. The summed E-state index contributed by atoms with van der Waals surface area (Å²) >= 11 is 0. The maximum absolute atomic E-state index is 10.6. The fraction of sp³-hybridized carbons (Fsp3) is 0.917. The van der Waals surface area contributed by atoms with Gasteiger partial charge in [0.2, 0.25) is 0 Å². The Balaban J connectivity index is 3.66. The second-order valence-corrected chi connectivity index (χ2v) is 4.10. The van der Waals surface area contributed by atoms with E-state index < -0.39 is 5.97 Å². The highest BCUT2D eigenvalue weighted by atomic mass is 16.4. The average molecular weight is 200 g/mol. The number of rotatable bonds is 9. The van der Waals surface area contributed by atoms with Crippen LogP contribution in [0.2, 0.25) is 0 Å². The maximum atomic E-state index is 10.6. The van der Waals surface area contributed by atoms with E-state index in [0.29, 0.717) is 12.3 Å². The normalized spacial score (nSPS) is 12.7. The molecule has 2 nitrogen and oxygen atoms in total. The van der Waals surface area contributed by atoms with Gasteiger partial charge in [-0.2, -0.15) is 0 Å². The first-order valence-electron chi connectivity index (χ1n) is 5.92. The topological polar surface area (TPSA) is 37.3 Å². The van der Waals surface area contributed by atoms with Gasteiger partial charge in [0.25, 0.3) is 0 Å². The van der Waals surface area contributed by atoms with Crippen LogP contribution >= 0.6 is 0 Å². The van der Waals surface area contributed by atoms with E-state index >= 15 is 0 Å². The van der Waals surface area contributed by atoms with E-state index in [2.05, 4.69) is 13.8 Å². The number of carboxylic acids is 1. The van der Waals surface area contributed by atoms with Gasteiger partial charge in [-0.1, -0.05) is 46.0 Å². The molecular formula is C12H24O2. The van der Waals surface area contributed by atoms with Crippen molar-refractivity contribution in [1.82, 2.24) is 0 Å². The number of unbranched alkanes of at least 4 members (excludes halogenated alkanes) is 3. The third kappa shape index (κ3) is 8.09. The van der Waals surface area contributed by atoms with Crippen LogP contribution in [-0.2, 0) is 4.79 Å². The van der Waals surface area contributed by atoms with Crippen molar-refractivity contribution >= 4 is 5.97 Å². The molecule has 0 aromatic heterocycles. The second-order valence-electron chi connectivity index (χ2n) is 4.10. The predicted molar refractivity (Wildman–Crippen MR) is 59.4 cm³/mol. The van der Waals surface area contributed by atoms with Crippen molar-refractivity contribution in [2.45, 2.75) is 65.2 Å². The van der Waals surface area contributed by atoms with Crippen LogP contribution in [0.4, 0.5) is 0 Å². The fourth-order valence-electron chi connectivity index (χ4n) is 1.77. The summed E-state index contributed by atoms with van der Waals surface area (Å²) in [5, 5.41) is 8.74. The van der Waals surface area contributed by atoms with Crippen molar-refractivity contribution in [3.63, 3.8) is 0 Å². The summed E-state index contributed by atoms with van der Waals surface area (Å²) in [5.74, 6) is -0.221. The molecule has 0 saturated heterocycles. The quantitative estimate of drug-likeness (QED) is 0.574. The van der Waals surface area contributed by atoms with Gasteiger partial charge in [0.15, 0.2) is 0 Å². The summed E-state index contributed by atoms with van der Waals surface area (Å²) in [6.07, 6.45) is 8.54. The van der Waals surface area contributed by atoms with Crippen molar-refractivity contribution < 1.29 is 9.90 Å². The molecule has 0 radical (unpaired) electrons. The molecule has 0 saturated carbocycles. The summed E-state index contributed by atoms with van der Waals surface area (Å²) in [6, 6.07) is 0. The molecule has 0 fully saturated rings. The van der Waals surface area contributed by atoms with Crippen molar-refractivity contribution in [2.75, 3.05) is 0 Å². The summed E-state index contributed by atoms with van der Waals surface area (Å²) < 4.78 is 0. The zero-order chi connectivity index (χ0) is 10.8. The molecule has 0 amide bonds. The molecule has 0 rings (SSSR count). The number of hydrogen-bond acceptors (Lipinski definition) is 1. The first-order valence-corrected chi connectivity index (χ1v) is 5.92. The standard InChI is InChI=1S/C12H24O2/c1-3-5-7-9-11(8-6-4-2)10-12(13)14/h11H,3-10H2,1-2H3,(H,13,14). The van der Waals surface area contributed by atoms with Gasteiger partial charge in [-0.15, -0.1) is 0 Å². The molecule has 1 N–H and O–H groups in total. The van der Waals surface area contributed by atoms with Crippen LogP contribution in [0.25, 0.3) is 0 Å². The highest BCUT2D eigenvalue weighted by Gasteiger charge is 2.11. The Labute approximate surface area is 87.7 Å². The highest BCUT2D eigenvalue weighted by Crippen LogP contribution is 2.20. The lowest BCUT2D eigenvalue weighted by molar-refractivity contribution is -0.138. The van der Waals surface area contributed by atoms with E-state index in [1.165, 1.54) is 32.1 Å². The number of hydrogen-bond donors (Lipinski definition) is 1. The molecule has 84 valence electrons. The van der Waals surface area contributed by atoms with Gasteiger partial charge in [0.05, 0.1) is 0 Å². The fourth-order valence-corrected chi connectivity index (χ4v) is 1.77. The molecule has 0 heterocycles. The van der Waals surface area contributed by atoms with Gasteiger partial charge in [-0.05, 0) is 18.8 Å². The van der Waals surface area contributed by atoms with Gasteiger partial charge in [-0.3, -0.25) is 4.79 Å². The first-order chi connectivity index (χ1) is 6.70. The van der Waals surface area contributed by atoms with Crippen molar-refractivity contribution in [3.05, 3.63) is 0 Å². The van der Waals surface area contributed by atoms with Crippen LogP contribution in [-0.4, -0.2) is 11.1 Å². The lowest BCUT2D eigenvalue weighted by atomic mass is 9.93. The Bertz CT molecular complexity index is 143. The molecular weight excluding hydrogens is 176 g/mol. The maximum Gasteiger partial charge on any atom is 0.303 e. The Hall–Kier alpha value is -0.530. The summed E-state index contributed by atoms with van der Waals surface area (Å²) in [4.78, 5) is 10.6. The lowest BCUT2D eigenvalue weighted by Crippen LogP contribution is -2.08. The Morgan fingerprint density at radius 2 is 1.64 bits per heavy atom. The molecule has 1 atom stereocenters. The van der Waals surface area contributed by atoms with Crippen LogP contribution in [0.1, 0.15) is 65.2 Å². The Kier molecular flexibility index (Phi) is 8.70. The first kappa shape index (κ1) is 13.5. The van der Waals surface area contributed by atoms with Gasteiger partial charge in [0.1, 0.15) is 0 Å². The third-order valence-corrected chi connectivity index (χ3v) is 2.65. The average Bonchev–Trinajstić information content (AvgIpc) is 2.13. The molecule has 2 heteroatoms. The van der Waals surface area contributed by atoms with E-state index in [0.717, 1.165) is 12.8 Å². The molecule has 0 aromatic carbocycles. The van der Waals surface area contributed by atoms with Crippen LogP contribution in [0.15, 0.2) is 0 Å². The van der Waals surface area contributed by atoms with E-state index in [-0.39, 0.29) is 0 Å². The van der Waals surface area contributed by atoms with Crippen molar-refractivity contribution in [3.8, 4) is 0 Å². The van der Waals surface area contributed by atoms with Crippen molar-refractivity contribution in [2.24, 2.45) is 5.92 Å². The molecule has 1 unspecified atom stereocenters. The molecule has 0 spiro atoms. The number of carboxylic acid groups (broad SMARTS) is 1. The second kappa shape index (κ2) is 9.04. The SMILES string of the molecule is CCCCCC(CCCC)CC(=O)O. The summed E-state index contributed by atoms with van der Waals surface area (Å²) in [6.45, 7) is 4.34. The molecule has 0 bridgehead atoms. The number of aliphatic carboxylic acids is 1. The molecule has 14 heavy (non-hydrogen) atoms. The zero-order valence-electron chi connectivity index (χ0n) is 9.59. The minimum atomic E-state index is -0.636. The minimum absolute atomic E-state index is 0.365. The molecule has 0 aliphatic carbocycles. The van der Waals surface area contributed by atoms with Crippen LogP contribution in [0.5, 0.6) is 0 Å². The lowest BCUT2D eigenvalue weighted by Gasteiger charge is -2.13. The highest BCUT2D eigenvalue weighted by molar-refractivity contribution is 5.66. The summed E-state index contributed by atoms with van der Waals surface area (Å²) in [7, 11) is 0. The zero-order valence-corrected chi connectivity index (χ0v) is 9.59. The van der Waals surface area contributed by atoms with Gasteiger partial charge < -0.3 is 5.11 Å². The Morgan fingerprint density at radius 3 is 2.14 bits per heavy atom. The van der Waals surface area contributed by atoms with E-state index in [1.807, 2.05) is 0 Å². The van der Waals surface area contributed by atoms with Crippen LogP contribution in [0, 0.1) is 5.92 Å². The van der Waals surface area contributed by atoms with E-state index in [4.69, 9.17) is 5.11 Å². The Morgan fingerprint density at radius 1 is 1.07 bits per heavy atom. The molecule has 0 aromatic rings. The van der Waals surface area contributed by atoms with Crippen LogP contribution in [0.3, 0.4) is 0 Å². The van der Waals surface area contributed by atoms with E-state index in [9.17, 15) is 4.79 Å².